The summed E-state index contributed by atoms with van der Waals surface area (Å²) in [7, 11) is 0. The van der Waals surface area contributed by atoms with E-state index in [1.807, 2.05) is 0 Å². The fourth-order valence-corrected chi connectivity index (χ4v) is 7.98. The van der Waals surface area contributed by atoms with Crippen molar-refractivity contribution in [3.63, 3.8) is 0 Å². The number of aliphatic hydroxyl groups is 1. The van der Waals surface area contributed by atoms with E-state index in [1.54, 1.807) is 0 Å². The van der Waals surface area contributed by atoms with Crippen LogP contribution in [-0.4, -0.2) is 100 Å². The van der Waals surface area contributed by atoms with Gasteiger partial charge in [-0.3, -0.25) is 9.59 Å². The summed E-state index contributed by atoms with van der Waals surface area (Å²) in [6.07, 6.45) is 52.5. The molecular weight excluding hydrogens is 879 g/mol. The van der Waals surface area contributed by atoms with Crippen LogP contribution in [0.5, 0.6) is 0 Å². The lowest BCUT2D eigenvalue weighted by Crippen LogP contribution is -2.29. The molecule has 0 bridgehead atoms. The first-order valence-corrected chi connectivity index (χ1v) is 29.2. The predicted octanol–water partition coefficient (Wildman–Crippen LogP) is 15.7. The van der Waals surface area contributed by atoms with Crippen LogP contribution in [0, 0.1) is 0 Å². The van der Waals surface area contributed by atoms with Crippen LogP contribution in [0.1, 0.15) is 246 Å². The Morgan fingerprint density at radius 3 is 1.00 bits per heavy atom. The van der Waals surface area contributed by atoms with Crippen LogP contribution in [0.2, 0.25) is 0 Å². The molecule has 0 aromatic rings. The summed E-state index contributed by atoms with van der Waals surface area (Å²) >= 11 is 0. The fourth-order valence-electron chi connectivity index (χ4n) is 7.98. The van der Waals surface area contributed by atoms with Crippen LogP contribution in [0.25, 0.3) is 0 Å². The molecule has 0 rings (SSSR count). The Bertz CT molecular complexity index is 1070. The number of allylic oxidation sites excluding steroid dienone is 4. The summed E-state index contributed by atoms with van der Waals surface area (Å²) in [6, 6.07) is 0. The maximum atomic E-state index is 12.6. The number of nitrogens with zero attached hydrogens (tertiary/aromatic N) is 1. The second-order valence-electron chi connectivity index (χ2n) is 19.1. The highest BCUT2D eigenvalue weighted by molar-refractivity contribution is 5.69. The molecule has 0 aliphatic carbocycles. The third kappa shape index (κ3) is 52.0. The summed E-state index contributed by atoms with van der Waals surface area (Å²) in [5.74, 6) is -0.381. The molecule has 0 spiro atoms. The van der Waals surface area contributed by atoms with Crippen molar-refractivity contribution in [1.29, 1.82) is 0 Å². The van der Waals surface area contributed by atoms with Crippen molar-refractivity contribution in [2.45, 2.75) is 259 Å². The summed E-state index contributed by atoms with van der Waals surface area (Å²) in [5.41, 5.74) is 0. The van der Waals surface area contributed by atoms with E-state index in [-0.39, 0.29) is 31.4 Å². The van der Waals surface area contributed by atoms with E-state index in [1.165, 1.54) is 103 Å². The zero-order chi connectivity index (χ0) is 50.9. The van der Waals surface area contributed by atoms with Gasteiger partial charge < -0.3 is 38.4 Å². The number of aliphatic hydroxyl groups excluding tert-OH is 1. The van der Waals surface area contributed by atoms with Gasteiger partial charge in [0.05, 0.1) is 59.1 Å². The topological polar surface area (TPSA) is 113 Å². The molecular formula is C60H111NO9. The molecule has 0 aromatic carbocycles. The molecule has 0 aliphatic heterocycles. The summed E-state index contributed by atoms with van der Waals surface area (Å²) in [6.45, 7) is 14.6. The molecule has 0 amide bonds. The number of esters is 2. The van der Waals surface area contributed by atoms with Crippen LogP contribution in [0.3, 0.4) is 0 Å². The van der Waals surface area contributed by atoms with Gasteiger partial charge in [-0.25, -0.2) is 0 Å². The van der Waals surface area contributed by atoms with Gasteiger partial charge >= 0.3 is 11.9 Å². The predicted molar refractivity (Wildman–Crippen MR) is 293 cm³/mol. The highest BCUT2D eigenvalue weighted by Gasteiger charge is 2.14. The van der Waals surface area contributed by atoms with E-state index in [2.05, 4.69) is 81.2 Å². The third-order valence-electron chi connectivity index (χ3n) is 12.4. The minimum Gasteiger partial charge on any atom is -0.466 e. The maximum Gasteiger partial charge on any atom is 0.305 e. The van der Waals surface area contributed by atoms with Crippen LogP contribution in [-0.2, 0) is 38.0 Å². The number of ether oxygens (including phenoxy) is 6. The molecule has 0 unspecified atom stereocenters. The molecule has 0 fully saturated rings. The number of rotatable bonds is 56. The van der Waals surface area contributed by atoms with Crippen LogP contribution in [0.4, 0.5) is 0 Å². The van der Waals surface area contributed by atoms with E-state index in [9.17, 15) is 14.7 Å². The van der Waals surface area contributed by atoms with Gasteiger partial charge in [-0.05, 0) is 90.1 Å². The minimum atomic E-state index is -0.432. The summed E-state index contributed by atoms with van der Waals surface area (Å²) in [5, 5.41) is 9.65. The number of unbranched alkanes of at least 4 members (excludes halogenated alkanes) is 24. The van der Waals surface area contributed by atoms with E-state index in [0.29, 0.717) is 59.0 Å². The smallest absolute Gasteiger partial charge is 0.305 e. The summed E-state index contributed by atoms with van der Waals surface area (Å²) in [4.78, 5) is 27.5. The molecule has 0 aliphatic rings. The summed E-state index contributed by atoms with van der Waals surface area (Å²) < 4.78 is 35.1. The van der Waals surface area contributed by atoms with Crippen molar-refractivity contribution in [3.05, 3.63) is 48.6 Å². The lowest BCUT2D eigenvalue weighted by atomic mass is 10.1. The van der Waals surface area contributed by atoms with Gasteiger partial charge in [-0.2, -0.15) is 0 Å². The lowest BCUT2D eigenvalue weighted by Gasteiger charge is -2.21. The fraction of sp³-hybridized carbons (Fsp3) is 0.833. The van der Waals surface area contributed by atoms with Crippen molar-refractivity contribution in [3.8, 4) is 0 Å². The molecule has 0 aromatic heterocycles. The molecule has 10 nitrogen and oxygen atoms in total. The van der Waals surface area contributed by atoms with Gasteiger partial charge in [0.2, 0.25) is 0 Å². The second-order valence-corrected chi connectivity index (χ2v) is 19.1. The van der Waals surface area contributed by atoms with Gasteiger partial charge in [0.25, 0.3) is 0 Å². The third-order valence-corrected chi connectivity index (χ3v) is 12.4. The standard InChI is InChI=1S/C60H111NO9/c1-5-9-13-17-21-29-39-53-67-59(68-54-40-30-22-18-14-10-6-2)45-43-57(63)65-51-37-33-25-27-35-47-61(49-50-62)48-36-28-26-34-38-52-66-58(64)44-46-60(69-55-41-31-23-19-15-11-7-3)70-56-42-32-24-20-16-12-8-4/h29-32,39-42,59-60,62H,5-28,33-38,43-56H2,1-4H3/b39-29-,40-30-,41-31-,42-32-. The monoisotopic (exact) mass is 990 g/mol. The Hall–Kier alpha value is -2.34. The largest absolute Gasteiger partial charge is 0.466 e. The molecule has 0 saturated carbocycles. The second kappa shape index (κ2) is 57.6. The Labute approximate surface area is 431 Å². The van der Waals surface area contributed by atoms with Gasteiger partial charge in [-0.15, -0.1) is 0 Å². The van der Waals surface area contributed by atoms with Crippen molar-refractivity contribution >= 4 is 11.9 Å². The van der Waals surface area contributed by atoms with Gasteiger partial charge in [-0.1, -0.05) is 192 Å². The van der Waals surface area contributed by atoms with E-state index in [0.717, 1.165) is 103 Å². The van der Waals surface area contributed by atoms with Crippen molar-refractivity contribution in [2.24, 2.45) is 0 Å². The Balaban J connectivity index is 4.27. The zero-order valence-electron chi connectivity index (χ0n) is 46.0. The first-order valence-electron chi connectivity index (χ1n) is 29.2. The molecule has 0 radical (unpaired) electrons. The van der Waals surface area contributed by atoms with E-state index in [4.69, 9.17) is 28.4 Å². The molecule has 0 heterocycles. The van der Waals surface area contributed by atoms with Crippen molar-refractivity contribution in [2.75, 3.05) is 65.9 Å². The minimum absolute atomic E-state index is 0.174. The molecule has 0 atom stereocenters. The molecule has 0 saturated heterocycles. The van der Waals surface area contributed by atoms with Gasteiger partial charge in [0.1, 0.15) is 0 Å². The lowest BCUT2D eigenvalue weighted by molar-refractivity contribution is -0.153. The Kier molecular flexibility index (Phi) is 55.6. The highest BCUT2D eigenvalue weighted by Crippen LogP contribution is 2.13. The number of carbonyl (C=O) groups excluding carboxylic acids is 2. The first kappa shape index (κ1) is 67.7. The molecule has 70 heavy (non-hydrogen) atoms. The van der Waals surface area contributed by atoms with Gasteiger partial charge in [0, 0.05) is 19.4 Å². The SMILES string of the molecule is CCCCCC/C=C\COC(CCC(=O)OCCCCCCCN(CCO)CCCCCCCOC(=O)CCC(OC/C=C\CCCCCC)OC/C=C\CCCCCC)OC/C=C\CCCCCC. The van der Waals surface area contributed by atoms with Crippen LogP contribution in [0.15, 0.2) is 48.6 Å². The average Bonchev–Trinajstić information content (AvgIpc) is 3.36. The van der Waals surface area contributed by atoms with E-state index >= 15 is 0 Å². The molecule has 1 N–H and O–H groups in total. The van der Waals surface area contributed by atoms with Crippen molar-refractivity contribution < 1.29 is 43.1 Å². The quantitative estimate of drug-likeness (QED) is 0.0274. The number of carbonyl (C=O) groups is 2. The maximum absolute atomic E-state index is 12.6. The van der Waals surface area contributed by atoms with Crippen LogP contribution < -0.4 is 0 Å². The highest BCUT2D eigenvalue weighted by atomic mass is 16.7. The van der Waals surface area contributed by atoms with Crippen molar-refractivity contribution in [1.82, 2.24) is 4.90 Å². The Morgan fingerprint density at radius 2 is 0.686 bits per heavy atom. The molecule has 410 valence electrons. The van der Waals surface area contributed by atoms with E-state index < -0.39 is 12.6 Å². The average molecular weight is 991 g/mol. The van der Waals surface area contributed by atoms with Gasteiger partial charge in [0.15, 0.2) is 12.6 Å². The molecule has 10 heteroatoms. The number of hydrogen-bond acceptors (Lipinski definition) is 10. The Morgan fingerprint density at radius 1 is 0.386 bits per heavy atom. The number of hydrogen-bond donors (Lipinski definition) is 1. The zero-order valence-corrected chi connectivity index (χ0v) is 46.0. The normalized spacial score (nSPS) is 12.2. The van der Waals surface area contributed by atoms with Crippen LogP contribution >= 0.6 is 0 Å². The first-order chi connectivity index (χ1) is 34.5.